The first-order valence-corrected chi connectivity index (χ1v) is 6.60. The van der Waals surface area contributed by atoms with Gasteiger partial charge in [0.25, 0.3) is 0 Å². The summed E-state index contributed by atoms with van der Waals surface area (Å²) in [6, 6.07) is 7.57. The van der Waals surface area contributed by atoms with Crippen molar-refractivity contribution in [2.45, 2.75) is 52.0 Å². The summed E-state index contributed by atoms with van der Waals surface area (Å²) < 4.78 is 0. The van der Waals surface area contributed by atoms with Gasteiger partial charge in [-0.1, -0.05) is 44.0 Å². The highest BCUT2D eigenvalue weighted by Crippen LogP contribution is 2.34. The summed E-state index contributed by atoms with van der Waals surface area (Å²) in [5.74, 6) is 0.712. The number of hydrogen-bond donors (Lipinski definition) is 1. The summed E-state index contributed by atoms with van der Waals surface area (Å²) in [6.45, 7) is 7.90. The number of hydrogen-bond acceptors (Lipinski definition) is 1. The minimum absolute atomic E-state index is 0.586. The van der Waals surface area contributed by atoms with Crippen LogP contribution < -0.4 is 5.32 Å². The largest absolute Gasteiger partial charge is 0.309 e. The van der Waals surface area contributed by atoms with Crippen molar-refractivity contribution in [2.75, 3.05) is 6.54 Å². The second-order valence-corrected chi connectivity index (χ2v) is 4.99. The maximum Gasteiger partial charge on any atom is 0.0323 e. The number of fused-ring (bicyclic) bond motifs is 1. The molecule has 2 unspecified atom stereocenters. The van der Waals surface area contributed by atoms with Crippen molar-refractivity contribution in [1.82, 2.24) is 5.32 Å². The van der Waals surface area contributed by atoms with Gasteiger partial charge in [0.05, 0.1) is 0 Å². The SMILES string of the molecule is CCCC1NCC(CC)c2ccc(C)cc21. The maximum atomic E-state index is 3.70. The van der Waals surface area contributed by atoms with Crippen LogP contribution in [0.5, 0.6) is 0 Å². The molecule has 2 rings (SSSR count). The Kier molecular flexibility index (Phi) is 3.65. The first-order valence-electron chi connectivity index (χ1n) is 6.60. The standard InChI is InChI=1S/C15H23N/c1-4-6-15-14-9-11(3)7-8-13(14)12(5-2)10-16-15/h7-9,12,15-16H,4-6,10H2,1-3H3. The van der Waals surface area contributed by atoms with Crippen LogP contribution in [0.2, 0.25) is 0 Å². The van der Waals surface area contributed by atoms with Crippen LogP contribution in [0.3, 0.4) is 0 Å². The quantitative estimate of drug-likeness (QED) is 0.809. The average Bonchev–Trinajstić information content (AvgIpc) is 2.30. The van der Waals surface area contributed by atoms with Gasteiger partial charge < -0.3 is 5.32 Å². The Morgan fingerprint density at radius 2 is 2.06 bits per heavy atom. The minimum atomic E-state index is 0.586. The molecule has 0 saturated heterocycles. The van der Waals surface area contributed by atoms with Crippen molar-refractivity contribution in [3.63, 3.8) is 0 Å². The molecule has 1 aliphatic heterocycles. The van der Waals surface area contributed by atoms with Gasteiger partial charge in [-0.3, -0.25) is 0 Å². The average molecular weight is 217 g/mol. The molecular formula is C15H23N. The van der Waals surface area contributed by atoms with Gasteiger partial charge >= 0.3 is 0 Å². The molecule has 0 radical (unpaired) electrons. The normalized spacial score (nSPS) is 24.2. The van der Waals surface area contributed by atoms with E-state index in [2.05, 4.69) is 44.3 Å². The molecule has 0 saturated carbocycles. The van der Waals surface area contributed by atoms with Crippen molar-refractivity contribution < 1.29 is 0 Å². The predicted molar refractivity (Wildman–Crippen MR) is 69.9 cm³/mol. The van der Waals surface area contributed by atoms with Gasteiger partial charge in [-0.05, 0) is 36.8 Å². The van der Waals surface area contributed by atoms with E-state index in [9.17, 15) is 0 Å². The van der Waals surface area contributed by atoms with E-state index in [0.717, 1.165) is 6.54 Å². The number of benzene rings is 1. The molecule has 0 spiro atoms. The zero-order chi connectivity index (χ0) is 11.5. The molecule has 1 nitrogen and oxygen atoms in total. The highest BCUT2D eigenvalue weighted by atomic mass is 14.9. The van der Waals surface area contributed by atoms with Crippen LogP contribution in [-0.4, -0.2) is 6.54 Å². The minimum Gasteiger partial charge on any atom is -0.309 e. The molecule has 1 N–H and O–H groups in total. The zero-order valence-electron chi connectivity index (χ0n) is 10.7. The Bertz CT molecular complexity index is 356. The Balaban J connectivity index is 2.36. The van der Waals surface area contributed by atoms with Crippen LogP contribution in [-0.2, 0) is 0 Å². The van der Waals surface area contributed by atoms with E-state index < -0.39 is 0 Å². The van der Waals surface area contributed by atoms with Crippen molar-refractivity contribution in [3.05, 3.63) is 34.9 Å². The van der Waals surface area contributed by atoms with Gasteiger partial charge in [-0.15, -0.1) is 0 Å². The van der Waals surface area contributed by atoms with E-state index in [1.165, 1.54) is 24.8 Å². The molecule has 0 bridgehead atoms. The Morgan fingerprint density at radius 3 is 2.75 bits per heavy atom. The number of aryl methyl sites for hydroxylation is 1. The number of nitrogens with one attached hydrogen (secondary N) is 1. The summed E-state index contributed by atoms with van der Waals surface area (Å²) in [6.07, 6.45) is 3.75. The van der Waals surface area contributed by atoms with Crippen LogP contribution >= 0.6 is 0 Å². The van der Waals surface area contributed by atoms with E-state index in [-0.39, 0.29) is 0 Å². The highest BCUT2D eigenvalue weighted by molar-refractivity contribution is 5.38. The fourth-order valence-corrected chi connectivity index (χ4v) is 2.78. The van der Waals surface area contributed by atoms with E-state index in [1.54, 1.807) is 11.1 Å². The lowest BCUT2D eigenvalue weighted by Gasteiger charge is -2.32. The molecule has 1 heterocycles. The van der Waals surface area contributed by atoms with E-state index in [4.69, 9.17) is 0 Å². The molecule has 2 atom stereocenters. The third-order valence-corrected chi connectivity index (χ3v) is 3.74. The maximum absolute atomic E-state index is 3.70. The lowest BCUT2D eigenvalue weighted by atomic mass is 9.83. The molecule has 0 fully saturated rings. The summed E-state index contributed by atoms with van der Waals surface area (Å²) >= 11 is 0. The van der Waals surface area contributed by atoms with E-state index in [0.29, 0.717) is 12.0 Å². The summed E-state index contributed by atoms with van der Waals surface area (Å²) in [5, 5.41) is 3.70. The summed E-state index contributed by atoms with van der Waals surface area (Å²) in [5.41, 5.74) is 4.53. The van der Waals surface area contributed by atoms with Gasteiger partial charge in [0.2, 0.25) is 0 Å². The van der Waals surface area contributed by atoms with Gasteiger partial charge in [0.15, 0.2) is 0 Å². The molecule has 0 aliphatic carbocycles. The van der Waals surface area contributed by atoms with Crippen molar-refractivity contribution in [2.24, 2.45) is 0 Å². The molecule has 88 valence electrons. The Labute approximate surface area is 99.3 Å². The van der Waals surface area contributed by atoms with Crippen LogP contribution in [0.4, 0.5) is 0 Å². The van der Waals surface area contributed by atoms with Gasteiger partial charge in [-0.2, -0.15) is 0 Å². The molecule has 1 aromatic rings. The lowest BCUT2D eigenvalue weighted by Crippen LogP contribution is -2.32. The van der Waals surface area contributed by atoms with Crippen molar-refractivity contribution in [3.8, 4) is 0 Å². The van der Waals surface area contributed by atoms with Gasteiger partial charge in [-0.25, -0.2) is 0 Å². The molecule has 1 aromatic carbocycles. The fraction of sp³-hybridized carbons (Fsp3) is 0.600. The molecule has 16 heavy (non-hydrogen) atoms. The van der Waals surface area contributed by atoms with Crippen molar-refractivity contribution in [1.29, 1.82) is 0 Å². The monoisotopic (exact) mass is 217 g/mol. The highest BCUT2D eigenvalue weighted by Gasteiger charge is 2.24. The smallest absolute Gasteiger partial charge is 0.0323 e. The second kappa shape index (κ2) is 5.01. The van der Waals surface area contributed by atoms with E-state index >= 15 is 0 Å². The first-order chi connectivity index (χ1) is 7.76. The zero-order valence-corrected chi connectivity index (χ0v) is 10.7. The molecule has 1 heteroatoms. The first kappa shape index (κ1) is 11.7. The summed E-state index contributed by atoms with van der Waals surface area (Å²) in [4.78, 5) is 0. The Morgan fingerprint density at radius 1 is 1.25 bits per heavy atom. The molecular weight excluding hydrogens is 194 g/mol. The summed E-state index contributed by atoms with van der Waals surface area (Å²) in [7, 11) is 0. The van der Waals surface area contributed by atoms with Crippen LogP contribution in [0, 0.1) is 6.92 Å². The van der Waals surface area contributed by atoms with E-state index in [1.807, 2.05) is 0 Å². The van der Waals surface area contributed by atoms with Crippen molar-refractivity contribution >= 4 is 0 Å². The number of rotatable bonds is 3. The van der Waals surface area contributed by atoms with Crippen LogP contribution in [0.1, 0.15) is 61.8 Å². The van der Waals surface area contributed by atoms with Crippen LogP contribution in [0.15, 0.2) is 18.2 Å². The van der Waals surface area contributed by atoms with Gasteiger partial charge in [0.1, 0.15) is 0 Å². The molecule has 0 aromatic heterocycles. The lowest BCUT2D eigenvalue weighted by molar-refractivity contribution is 0.424. The third kappa shape index (κ3) is 2.15. The molecule has 0 amide bonds. The van der Waals surface area contributed by atoms with Crippen LogP contribution in [0.25, 0.3) is 0 Å². The van der Waals surface area contributed by atoms with Gasteiger partial charge in [0, 0.05) is 12.6 Å². The predicted octanol–water partition coefficient (Wildman–Crippen LogP) is 3.93. The third-order valence-electron chi connectivity index (χ3n) is 3.74. The Hall–Kier alpha value is -0.820. The second-order valence-electron chi connectivity index (χ2n) is 4.99. The fourth-order valence-electron chi connectivity index (χ4n) is 2.78. The molecule has 1 aliphatic rings. The topological polar surface area (TPSA) is 12.0 Å².